The molecule has 2 amide bonds. The molecule has 0 saturated carbocycles. The second-order valence-electron chi connectivity index (χ2n) is 8.01. The molecule has 2 aromatic rings. The minimum atomic E-state index is -3.70. The number of carbonyl (C=O) groups is 2. The molecule has 2 N–H and O–H groups in total. The largest absolute Gasteiger partial charge is 0.379 e. The summed E-state index contributed by atoms with van der Waals surface area (Å²) in [6.45, 7) is 4.29. The van der Waals surface area contributed by atoms with Crippen molar-refractivity contribution in [3.05, 3.63) is 54.1 Å². The summed E-state index contributed by atoms with van der Waals surface area (Å²) in [5.74, 6) is -0.542. The Bertz CT molecular complexity index is 1110. The van der Waals surface area contributed by atoms with Crippen molar-refractivity contribution in [2.45, 2.75) is 4.90 Å². The lowest BCUT2D eigenvalue weighted by Gasteiger charge is -2.26. The number of nitrogens with zero attached hydrogens (tertiary/aromatic N) is 2. The van der Waals surface area contributed by atoms with Crippen molar-refractivity contribution in [1.82, 2.24) is 9.21 Å². The zero-order chi connectivity index (χ0) is 24.0. The summed E-state index contributed by atoms with van der Waals surface area (Å²) in [5, 5.41) is 5.60. The summed E-state index contributed by atoms with van der Waals surface area (Å²) < 4.78 is 37.6. The van der Waals surface area contributed by atoms with Gasteiger partial charge in [0.2, 0.25) is 15.9 Å². The van der Waals surface area contributed by atoms with Crippen LogP contribution in [0.15, 0.2) is 53.4 Å². The van der Waals surface area contributed by atoms with Crippen LogP contribution >= 0.6 is 0 Å². The minimum Gasteiger partial charge on any atom is -0.379 e. The summed E-state index contributed by atoms with van der Waals surface area (Å²) >= 11 is 0. The van der Waals surface area contributed by atoms with Gasteiger partial charge in [-0.2, -0.15) is 4.31 Å². The second-order valence-corrected chi connectivity index (χ2v) is 9.95. The fraction of sp³-hybridized carbons (Fsp3) is 0.391. The van der Waals surface area contributed by atoms with Crippen molar-refractivity contribution in [3.8, 4) is 0 Å². The van der Waals surface area contributed by atoms with Crippen molar-refractivity contribution in [2.24, 2.45) is 0 Å². The molecular formula is C23H28N4O6S. The number of carbonyl (C=O) groups excluding carboxylic acids is 2. The Morgan fingerprint density at radius 1 is 0.824 bits per heavy atom. The second kappa shape index (κ2) is 11.1. The lowest BCUT2D eigenvalue weighted by Crippen LogP contribution is -2.41. The van der Waals surface area contributed by atoms with Crippen molar-refractivity contribution in [3.63, 3.8) is 0 Å². The van der Waals surface area contributed by atoms with Gasteiger partial charge in [-0.25, -0.2) is 8.42 Å². The van der Waals surface area contributed by atoms with Crippen LogP contribution in [-0.4, -0.2) is 88.6 Å². The molecule has 2 aliphatic heterocycles. The van der Waals surface area contributed by atoms with Gasteiger partial charge in [0.15, 0.2) is 0 Å². The number of anilines is 2. The van der Waals surface area contributed by atoms with Crippen molar-refractivity contribution >= 4 is 33.2 Å². The number of amides is 2. The number of morpholine rings is 2. The Balaban J connectivity index is 1.35. The number of hydrogen-bond donors (Lipinski definition) is 2. The van der Waals surface area contributed by atoms with Crippen LogP contribution in [0.3, 0.4) is 0 Å². The highest BCUT2D eigenvalue weighted by Crippen LogP contribution is 2.20. The van der Waals surface area contributed by atoms with Crippen molar-refractivity contribution in [1.29, 1.82) is 0 Å². The third kappa shape index (κ3) is 6.19. The van der Waals surface area contributed by atoms with Gasteiger partial charge >= 0.3 is 0 Å². The van der Waals surface area contributed by atoms with E-state index in [2.05, 4.69) is 10.6 Å². The van der Waals surface area contributed by atoms with E-state index < -0.39 is 15.9 Å². The average molecular weight is 489 g/mol. The standard InChI is InChI=1S/C23H28N4O6S/c28-22(17-26-8-12-32-13-9-26)24-19-4-6-20(7-5-19)25-23(29)18-2-1-3-21(16-18)34(30,31)27-10-14-33-15-11-27/h1-7,16H,8-15,17H2,(H,24,28)(H,25,29). The smallest absolute Gasteiger partial charge is 0.255 e. The average Bonchev–Trinajstić information content (AvgIpc) is 2.86. The SMILES string of the molecule is O=C(CN1CCOCC1)Nc1ccc(NC(=O)c2cccc(S(=O)(=O)N3CCOCC3)c2)cc1. The first kappa shape index (κ1) is 24.3. The van der Waals surface area contributed by atoms with Crippen LogP contribution in [0.5, 0.6) is 0 Å². The minimum absolute atomic E-state index is 0.0698. The normalized spacial score (nSPS) is 17.8. The van der Waals surface area contributed by atoms with Gasteiger partial charge in [-0.1, -0.05) is 6.07 Å². The quantitative estimate of drug-likeness (QED) is 0.602. The first-order chi connectivity index (χ1) is 16.4. The molecule has 10 nitrogen and oxygen atoms in total. The Morgan fingerprint density at radius 2 is 1.41 bits per heavy atom. The van der Waals surface area contributed by atoms with Crippen LogP contribution in [0, 0.1) is 0 Å². The summed E-state index contributed by atoms with van der Waals surface area (Å²) in [4.78, 5) is 27.1. The van der Waals surface area contributed by atoms with Gasteiger partial charge in [0.1, 0.15) is 0 Å². The van der Waals surface area contributed by atoms with Gasteiger partial charge < -0.3 is 20.1 Å². The zero-order valence-electron chi connectivity index (χ0n) is 18.7. The first-order valence-electron chi connectivity index (χ1n) is 11.1. The third-order valence-electron chi connectivity index (χ3n) is 5.60. The van der Waals surface area contributed by atoms with Crippen LogP contribution in [0.4, 0.5) is 11.4 Å². The third-order valence-corrected chi connectivity index (χ3v) is 7.50. The molecule has 0 unspecified atom stereocenters. The first-order valence-corrected chi connectivity index (χ1v) is 12.6. The molecule has 4 rings (SSSR count). The number of ether oxygens (including phenoxy) is 2. The predicted octanol–water partition coefficient (Wildman–Crippen LogP) is 1.23. The summed E-state index contributed by atoms with van der Waals surface area (Å²) in [6, 6.07) is 12.7. The highest BCUT2D eigenvalue weighted by Gasteiger charge is 2.27. The molecule has 0 aliphatic carbocycles. The number of sulfonamides is 1. The van der Waals surface area contributed by atoms with Gasteiger partial charge in [0, 0.05) is 43.1 Å². The van der Waals surface area contributed by atoms with E-state index in [-0.39, 0.29) is 29.5 Å². The predicted molar refractivity (Wildman–Crippen MR) is 126 cm³/mol. The Kier molecular flexibility index (Phi) is 7.91. The van der Waals surface area contributed by atoms with E-state index in [4.69, 9.17) is 9.47 Å². The van der Waals surface area contributed by atoms with E-state index in [1.807, 2.05) is 4.90 Å². The molecule has 2 aliphatic rings. The van der Waals surface area contributed by atoms with Crippen LogP contribution in [0.1, 0.15) is 10.4 Å². The van der Waals surface area contributed by atoms with Crippen molar-refractivity contribution < 1.29 is 27.5 Å². The molecule has 0 radical (unpaired) electrons. The van der Waals surface area contributed by atoms with E-state index in [1.54, 1.807) is 36.4 Å². The zero-order valence-corrected chi connectivity index (χ0v) is 19.6. The lowest BCUT2D eigenvalue weighted by atomic mass is 10.2. The van der Waals surface area contributed by atoms with Gasteiger partial charge in [-0.3, -0.25) is 14.5 Å². The molecule has 0 aromatic heterocycles. The molecule has 182 valence electrons. The highest BCUT2D eigenvalue weighted by molar-refractivity contribution is 7.89. The summed E-state index contributed by atoms with van der Waals surface area (Å²) in [5.41, 5.74) is 1.38. The number of hydrogen-bond acceptors (Lipinski definition) is 7. The maximum atomic E-state index is 12.9. The molecule has 2 heterocycles. The van der Waals surface area contributed by atoms with Crippen LogP contribution in [-0.2, 0) is 24.3 Å². The molecule has 11 heteroatoms. The molecule has 0 spiro atoms. The Morgan fingerprint density at radius 3 is 2.06 bits per heavy atom. The van der Waals surface area contributed by atoms with Crippen molar-refractivity contribution in [2.75, 3.05) is 69.8 Å². The molecule has 2 saturated heterocycles. The molecule has 2 fully saturated rings. The van der Waals surface area contributed by atoms with E-state index in [1.165, 1.54) is 16.4 Å². The summed E-state index contributed by atoms with van der Waals surface area (Å²) in [7, 11) is -3.70. The van der Waals surface area contributed by atoms with Crippen LogP contribution in [0.25, 0.3) is 0 Å². The molecule has 2 aromatic carbocycles. The van der Waals surface area contributed by atoms with Crippen LogP contribution in [0.2, 0.25) is 0 Å². The fourth-order valence-electron chi connectivity index (χ4n) is 3.74. The maximum Gasteiger partial charge on any atom is 0.255 e. The highest BCUT2D eigenvalue weighted by atomic mass is 32.2. The van der Waals surface area contributed by atoms with Gasteiger partial charge in [-0.05, 0) is 42.5 Å². The van der Waals surface area contributed by atoms with E-state index in [0.29, 0.717) is 44.3 Å². The van der Waals surface area contributed by atoms with Crippen LogP contribution < -0.4 is 10.6 Å². The molecule has 0 atom stereocenters. The number of nitrogens with one attached hydrogen (secondary N) is 2. The molecule has 0 bridgehead atoms. The molecule has 34 heavy (non-hydrogen) atoms. The Labute approximate surface area is 198 Å². The van der Waals surface area contributed by atoms with E-state index in [9.17, 15) is 18.0 Å². The summed E-state index contributed by atoms with van der Waals surface area (Å²) in [6.07, 6.45) is 0. The fourth-order valence-corrected chi connectivity index (χ4v) is 5.19. The number of rotatable bonds is 7. The lowest BCUT2D eigenvalue weighted by molar-refractivity contribution is -0.118. The monoisotopic (exact) mass is 488 g/mol. The van der Waals surface area contributed by atoms with Gasteiger partial charge in [0.25, 0.3) is 5.91 Å². The Hall–Kier alpha value is -2.83. The van der Waals surface area contributed by atoms with E-state index >= 15 is 0 Å². The number of benzene rings is 2. The molecular weight excluding hydrogens is 460 g/mol. The maximum absolute atomic E-state index is 12.9. The van der Waals surface area contributed by atoms with Gasteiger partial charge in [-0.15, -0.1) is 0 Å². The topological polar surface area (TPSA) is 117 Å². The van der Waals surface area contributed by atoms with E-state index in [0.717, 1.165) is 13.1 Å². The van der Waals surface area contributed by atoms with Gasteiger partial charge in [0.05, 0.1) is 37.9 Å².